The predicted octanol–water partition coefficient (Wildman–Crippen LogP) is 6.53. The number of rotatable bonds is 12. The Hall–Kier alpha value is -3.48. The molecule has 6 rings (SSSR count). The summed E-state index contributed by atoms with van der Waals surface area (Å²) in [4.78, 5) is 5.16. The topological polar surface area (TPSA) is 37.0 Å². The lowest BCUT2D eigenvalue weighted by atomic mass is 9.90. The number of benzene rings is 4. The van der Waals surface area contributed by atoms with Crippen molar-refractivity contribution >= 4 is 0 Å². The summed E-state index contributed by atoms with van der Waals surface area (Å²) in [6.45, 7) is 8.37. The molecular weight excluding hydrogens is 530 g/mol. The van der Waals surface area contributed by atoms with Crippen molar-refractivity contribution in [3.05, 3.63) is 138 Å². The van der Waals surface area contributed by atoms with Gasteiger partial charge in [-0.05, 0) is 35.6 Å². The SMILES string of the molecule is c1ccc(C(CN2CCC(Oc3ccccc3CNCC(c3ccccc3)N3CCOCC3)CC2)c2ccccc2)cc1. The molecule has 2 heterocycles. The molecule has 2 aliphatic heterocycles. The quantitative estimate of drug-likeness (QED) is 0.208. The van der Waals surface area contributed by atoms with Gasteiger partial charge in [0.15, 0.2) is 0 Å². The molecule has 0 aliphatic carbocycles. The Morgan fingerprint density at radius 3 is 1.86 bits per heavy atom. The van der Waals surface area contributed by atoms with Crippen molar-refractivity contribution < 1.29 is 9.47 Å². The Labute approximate surface area is 257 Å². The molecule has 0 radical (unpaired) electrons. The van der Waals surface area contributed by atoms with E-state index in [2.05, 4.69) is 130 Å². The Kier molecular flexibility index (Phi) is 10.5. The number of ether oxygens (including phenoxy) is 2. The normalized spacial score (nSPS) is 17.6. The predicted molar refractivity (Wildman–Crippen MR) is 175 cm³/mol. The monoisotopic (exact) mass is 575 g/mol. The number of piperidine rings is 1. The third kappa shape index (κ3) is 8.12. The fourth-order valence-corrected chi connectivity index (χ4v) is 6.55. The van der Waals surface area contributed by atoms with E-state index in [9.17, 15) is 0 Å². The summed E-state index contributed by atoms with van der Waals surface area (Å²) in [6, 6.07) is 41.6. The summed E-state index contributed by atoms with van der Waals surface area (Å²) >= 11 is 0. The Morgan fingerprint density at radius 2 is 1.23 bits per heavy atom. The van der Waals surface area contributed by atoms with Gasteiger partial charge in [0, 0.05) is 63.3 Å². The third-order valence-corrected chi connectivity index (χ3v) is 8.97. The van der Waals surface area contributed by atoms with Gasteiger partial charge in [-0.25, -0.2) is 0 Å². The van der Waals surface area contributed by atoms with Crippen LogP contribution in [0.3, 0.4) is 0 Å². The lowest BCUT2D eigenvalue weighted by Crippen LogP contribution is -2.42. The molecule has 2 aliphatic rings. The van der Waals surface area contributed by atoms with Crippen LogP contribution in [0.1, 0.15) is 47.1 Å². The second-order valence-electron chi connectivity index (χ2n) is 11.8. The number of likely N-dealkylation sites (tertiary alicyclic amines) is 1. The van der Waals surface area contributed by atoms with Crippen molar-refractivity contribution in [2.24, 2.45) is 0 Å². The first-order valence-electron chi connectivity index (χ1n) is 16.0. The molecule has 5 nitrogen and oxygen atoms in total. The summed E-state index contributed by atoms with van der Waals surface area (Å²) in [5.41, 5.74) is 5.36. The first-order chi connectivity index (χ1) is 21.3. The van der Waals surface area contributed by atoms with Crippen molar-refractivity contribution in [2.75, 3.05) is 52.5 Å². The third-order valence-electron chi connectivity index (χ3n) is 8.97. The highest BCUT2D eigenvalue weighted by Crippen LogP contribution is 2.29. The first-order valence-corrected chi connectivity index (χ1v) is 16.0. The van der Waals surface area contributed by atoms with Crippen LogP contribution in [0.25, 0.3) is 0 Å². The molecule has 1 unspecified atom stereocenters. The molecule has 0 aromatic heterocycles. The van der Waals surface area contributed by atoms with E-state index in [1.54, 1.807) is 0 Å². The summed E-state index contributed by atoms with van der Waals surface area (Å²) in [6.07, 6.45) is 2.34. The second-order valence-corrected chi connectivity index (χ2v) is 11.8. The van der Waals surface area contributed by atoms with Gasteiger partial charge in [-0.3, -0.25) is 4.90 Å². The number of nitrogens with one attached hydrogen (secondary N) is 1. The highest BCUT2D eigenvalue weighted by Gasteiger charge is 2.25. The molecule has 4 aromatic rings. The number of morpholine rings is 1. The van der Waals surface area contributed by atoms with E-state index in [-0.39, 0.29) is 6.10 Å². The minimum absolute atomic E-state index is 0.245. The fraction of sp³-hybridized carbons (Fsp3) is 0.368. The molecule has 1 atom stereocenters. The maximum absolute atomic E-state index is 6.67. The van der Waals surface area contributed by atoms with Crippen LogP contribution in [0.15, 0.2) is 115 Å². The molecule has 43 heavy (non-hydrogen) atoms. The zero-order chi connectivity index (χ0) is 29.1. The largest absolute Gasteiger partial charge is 0.490 e. The van der Waals surface area contributed by atoms with Crippen LogP contribution in [0.2, 0.25) is 0 Å². The number of hydrogen-bond acceptors (Lipinski definition) is 5. The molecule has 2 saturated heterocycles. The number of nitrogens with zero attached hydrogens (tertiary/aromatic N) is 2. The average molecular weight is 576 g/mol. The molecule has 0 spiro atoms. The maximum atomic E-state index is 6.67. The number of hydrogen-bond donors (Lipinski definition) is 1. The van der Waals surface area contributed by atoms with Crippen LogP contribution < -0.4 is 10.1 Å². The molecule has 224 valence electrons. The summed E-state index contributed by atoms with van der Waals surface area (Å²) < 4.78 is 12.3. The highest BCUT2D eigenvalue weighted by atomic mass is 16.5. The Morgan fingerprint density at radius 1 is 0.674 bits per heavy atom. The van der Waals surface area contributed by atoms with Gasteiger partial charge < -0.3 is 19.7 Å². The van der Waals surface area contributed by atoms with Crippen LogP contribution in [-0.2, 0) is 11.3 Å². The molecule has 0 saturated carbocycles. The smallest absolute Gasteiger partial charge is 0.124 e. The average Bonchev–Trinajstić information content (AvgIpc) is 3.08. The van der Waals surface area contributed by atoms with E-state index < -0.39 is 0 Å². The van der Waals surface area contributed by atoms with Gasteiger partial charge in [-0.1, -0.05) is 109 Å². The van der Waals surface area contributed by atoms with Gasteiger partial charge in [-0.2, -0.15) is 0 Å². The van der Waals surface area contributed by atoms with Crippen LogP contribution in [0.4, 0.5) is 0 Å². The molecule has 1 N–H and O–H groups in total. The van der Waals surface area contributed by atoms with E-state index in [1.807, 2.05) is 0 Å². The van der Waals surface area contributed by atoms with Crippen molar-refractivity contribution in [3.8, 4) is 5.75 Å². The van der Waals surface area contributed by atoms with E-state index in [4.69, 9.17) is 9.47 Å². The Balaban J connectivity index is 1.04. The summed E-state index contributed by atoms with van der Waals surface area (Å²) in [5, 5.41) is 3.76. The van der Waals surface area contributed by atoms with Crippen LogP contribution >= 0.6 is 0 Å². The van der Waals surface area contributed by atoms with Crippen molar-refractivity contribution in [1.29, 1.82) is 0 Å². The van der Waals surface area contributed by atoms with E-state index >= 15 is 0 Å². The maximum Gasteiger partial charge on any atom is 0.124 e. The van der Waals surface area contributed by atoms with Crippen LogP contribution in [0.5, 0.6) is 5.75 Å². The molecule has 2 fully saturated rings. The van der Waals surface area contributed by atoms with Crippen LogP contribution in [0, 0.1) is 0 Å². The van der Waals surface area contributed by atoms with E-state index in [0.29, 0.717) is 12.0 Å². The van der Waals surface area contributed by atoms with Gasteiger partial charge in [0.05, 0.1) is 13.2 Å². The lowest BCUT2D eigenvalue weighted by Gasteiger charge is -2.35. The summed E-state index contributed by atoms with van der Waals surface area (Å²) in [7, 11) is 0. The molecule has 0 amide bonds. The van der Waals surface area contributed by atoms with Crippen molar-refractivity contribution in [1.82, 2.24) is 15.1 Å². The van der Waals surface area contributed by atoms with Crippen molar-refractivity contribution in [3.63, 3.8) is 0 Å². The molecule has 0 bridgehead atoms. The number of para-hydroxylation sites is 1. The second kappa shape index (κ2) is 15.3. The van der Waals surface area contributed by atoms with Gasteiger partial charge in [0.1, 0.15) is 11.9 Å². The van der Waals surface area contributed by atoms with Gasteiger partial charge in [-0.15, -0.1) is 0 Å². The summed E-state index contributed by atoms with van der Waals surface area (Å²) in [5.74, 6) is 1.39. The highest BCUT2D eigenvalue weighted by molar-refractivity contribution is 5.34. The lowest BCUT2D eigenvalue weighted by molar-refractivity contribution is 0.0161. The standard InChI is InChI=1S/C38H45N3O2/c1-4-12-31(13-5-1)36(32-14-6-2-7-15-32)30-40-22-20-35(21-23-40)43-38-19-11-10-18-34(38)28-39-29-37(33-16-8-3-9-17-33)41-24-26-42-27-25-41/h1-19,35-37,39H,20-30H2. The van der Waals surface area contributed by atoms with Gasteiger partial charge >= 0.3 is 0 Å². The molecule has 4 aromatic carbocycles. The van der Waals surface area contributed by atoms with Gasteiger partial charge in [0.2, 0.25) is 0 Å². The minimum Gasteiger partial charge on any atom is -0.490 e. The van der Waals surface area contributed by atoms with Crippen molar-refractivity contribution in [2.45, 2.75) is 37.5 Å². The zero-order valence-electron chi connectivity index (χ0n) is 25.2. The fourth-order valence-electron chi connectivity index (χ4n) is 6.55. The molecular formula is C38H45N3O2. The first kappa shape index (κ1) is 29.6. The van der Waals surface area contributed by atoms with Gasteiger partial charge in [0.25, 0.3) is 0 Å². The zero-order valence-corrected chi connectivity index (χ0v) is 25.2. The van der Waals surface area contributed by atoms with E-state index in [1.165, 1.54) is 22.3 Å². The van der Waals surface area contributed by atoms with E-state index in [0.717, 1.165) is 77.6 Å². The minimum atomic E-state index is 0.245. The Bertz CT molecular complexity index is 1310. The van der Waals surface area contributed by atoms with Crippen LogP contribution in [-0.4, -0.2) is 68.4 Å². The molecule has 5 heteroatoms.